The van der Waals surface area contributed by atoms with Crippen LogP contribution in [0.25, 0.3) is 0 Å². The van der Waals surface area contributed by atoms with E-state index >= 15 is 0 Å². The Balaban J connectivity index is 1.81. The summed E-state index contributed by atoms with van der Waals surface area (Å²) in [5.41, 5.74) is 0.369. The number of carbonyl (C=O) groups excluding carboxylic acids is 1. The molecule has 7 nitrogen and oxygen atoms in total. The largest absolute Gasteiger partial charge is 0.495 e. The molecule has 0 unspecified atom stereocenters. The zero-order valence-corrected chi connectivity index (χ0v) is 17.9. The van der Waals surface area contributed by atoms with Crippen LogP contribution in [0.4, 0.5) is 0 Å². The van der Waals surface area contributed by atoms with Gasteiger partial charge in [0.15, 0.2) is 9.84 Å². The van der Waals surface area contributed by atoms with Crippen molar-refractivity contribution in [1.82, 2.24) is 10.2 Å². The van der Waals surface area contributed by atoms with Crippen molar-refractivity contribution < 1.29 is 22.7 Å². The molecule has 2 fully saturated rings. The van der Waals surface area contributed by atoms with E-state index in [1.165, 1.54) is 20.6 Å². The van der Waals surface area contributed by atoms with Gasteiger partial charge in [0.25, 0.3) is 5.91 Å². The van der Waals surface area contributed by atoms with Crippen LogP contribution in [-0.2, 0) is 9.84 Å². The van der Waals surface area contributed by atoms with Crippen molar-refractivity contribution in [3.63, 3.8) is 0 Å². The lowest BCUT2D eigenvalue weighted by Crippen LogP contribution is -2.52. The van der Waals surface area contributed by atoms with Crippen LogP contribution in [-0.4, -0.2) is 70.1 Å². The molecule has 0 bridgehead atoms. The first-order valence-electron chi connectivity index (χ1n) is 9.01. The molecule has 3 rings (SSSR count). The van der Waals surface area contributed by atoms with Gasteiger partial charge in [-0.1, -0.05) is 6.42 Å². The fourth-order valence-electron chi connectivity index (χ4n) is 3.83. The van der Waals surface area contributed by atoms with Gasteiger partial charge >= 0.3 is 0 Å². The third-order valence-electron chi connectivity index (χ3n) is 5.21. The molecule has 1 N–H and O–H groups in total. The first-order chi connectivity index (χ1) is 12.8. The molecule has 2 aliphatic rings. The number of rotatable bonds is 5. The molecular weight excluding hydrogens is 436 g/mol. The number of likely N-dealkylation sites (tertiary alicyclic amines) is 1. The molecule has 150 valence electrons. The van der Waals surface area contributed by atoms with E-state index in [0.717, 1.165) is 25.9 Å². The number of hydrogen-bond donors (Lipinski definition) is 1. The number of sulfone groups is 1. The van der Waals surface area contributed by atoms with E-state index in [2.05, 4.69) is 26.1 Å². The number of carbonyl (C=O) groups is 1. The number of halogens is 1. The zero-order chi connectivity index (χ0) is 19.6. The van der Waals surface area contributed by atoms with E-state index < -0.39 is 15.9 Å². The van der Waals surface area contributed by atoms with Gasteiger partial charge in [0, 0.05) is 11.6 Å². The van der Waals surface area contributed by atoms with E-state index in [0.29, 0.717) is 21.5 Å². The molecule has 9 heteroatoms. The van der Waals surface area contributed by atoms with Crippen molar-refractivity contribution in [2.24, 2.45) is 0 Å². The van der Waals surface area contributed by atoms with Crippen LogP contribution in [0, 0.1) is 0 Å². The van der Waals surface area contributed by atoms with Crippen LogP contribution in [0.15, 0.2) is 16.6 Å². The van der Waals surface area contributed by atoms with Crippen LogP contribution in [0.5, 0.6) is 11.5 Å². The number of nitrogens with one attached hydrogen (secondary N) is 1. The predicted octanol–water partition coefficient (Wildman–Crippen LogP) is 1.85. The van der Waals surface area contributed by atoms with Crippen molar-refractivity contribution in [3.05, 3.63) is 22.2 Å². The summed E-state index contributed by atoms with van der Waals surface area (Å²) in [5.74, 6) is 0.704. The summed E-state index contributed by atoms with van der Waals surface area (Å²) in [6, 6.07) is 2.64. The topological polar surface area (TPSA) is 84.9 Å². The highest BCUT2D eigenvalue weighted by molar-refractivity contribution is 9.10. The van der Waals surface area contributed by atoms with E-state index in [4.69, 9.17) is 9.47 Å². The standard InChI is InChI=1S/C18H25BrN2O5S/c1-25-15-8-12(9-16(26-2)17(15)19)18(22)20-13-10-27(23,24)11-14(13)21-6-4-3-5-7-21/h8-9,13-14H,3-7,10-11H2,1-2H3,(H,20,22)/t13-,14-/m1/s1. The van der Waals surface area contributed by atoms with Crippen LogP contribution in [0.2, 0.25) is 0 Å². The molecule has 2 atom stereocenters. The highest BCUT2D eigenvalue weighted by atomic mass is 79.9. The Morgan fingerprint density at radius 1 is 1.11 bits per heavy atom. The smallest absolute Gasteiger partial charge is 0.251 e. The number of benzene rings is 1. The molecule has 0 spiro atoms. The van der Waals surface area contributed by atoms with Gasteiger partial charge in [-0.05, 0) is 54.0 Å². The maximum Gasteiger partial charge on any atom is 0.251 e. The first kappa shape index (κ1) is 20.4. The number of ether oxygens (including phenoxy) is 2. The Kier molecular flexibility index (Phi) is 6.32. The van der Waals surface area contributed by atoms with Crippen LogP contribution < -0.4 is 14.8 Å². The van der Waals surface area contributed by atoms with Crippen molar-refractivity contribution in [2.75, 3.05) is 38.8 Å². The minimum Gasteiger partial charge on any atom is -0.495 e. The van der Waals surface area contributed by atoms with E-state index in [-0.39, 0.29) is 23.5 Å². The molecule has 1 aromatic carbocycles. The third-order valence-corrected chi connectivity index (χ3v) is 7.70. The molecule has 0 radical (unpaired) electrons. The van der Waals surface area contributed by atoms with Gasteiger partial charge in [0.1, 0.15) is 16.0 Å². The highest BCUT2D eigenvalue weighted by Crippen LogP contribution is 2.35. The second-order valence-electron chi connectivity index (χ2n) is 7.02. The Labute approximate surface area is 168 Å². The second kappa shape index (κ2) is 8.36. The van der Waals surface area contributed by atoms with Gasteiger partial charge in [-0.3, -0.25) is 9.69 Å². The Hall–Kier alpha value is -1.32. The molecule has 1 amide bonds. The second-order valence-corrected chi connectivity index (χ2v) is 9.96. The van der Waals surface area contributed by atoms with Crippen LogP contribution in [0.1, 0.15) is 29.6 Å². The summed E-state index contributed by atoms with van der Waals surface area (Å²) in [7, 11) is -0.145. The summed E-state index contributed by atoms with van der Waals surface area (Å²) in [4.78, 5) is 15.0. The maximum atomic E-state index is 12.8. The number of nitrogens with zero attached hydrogens (tertiary/aromatic N) is 1. The van der Waals surface area contributed by atoms with Crippen molar-refractivity contribution in [2.45, 2.75) is 31.3 Å². The maximum absolute atomic E-state index is 12.8. The van der Waals surface area contributed by atoms with Gasteiger partial charge in [-0.2, -0.15) is 0 Å². The van der Waals surface area contributed by atoms with E-state index in [1.807, 2.05) is 0 Å². The van der Waals surface area contributed by atoms with Crippen molar-refractivity contribution in [1.29, 1.82) is 0 Å². The fourth-order valence-corrected chi connectivity index (χ4v) is 6.33. The van der Waals surface area contributed by atoms with Gasteiger partial charge in [-0.15, -0.1) is 0 Å². The molecular formula is C18H25BrN2O5S. The van der Waals surface area contributed by atoms with Gasteiger partial charge < -0.3 is 14.8 Å². The lowest BCUT2D eigenvalue weighted by molar-refractivity contribution is 0.0899. The fraction of sp³-hybridized carbons (Fsp3) is 0.611. The molecule has 0 aliphatic carbocycles. The lowest BCUT2D eigenvalue weighted by atomic mass is 10.0. The van der Waals surface area contributed by atoms with Crippen LogP contribution >= 0.6 is 15.9 Å². The quantitative estimate of drug-likeness (QED) is 0.721. The van der Waals surface area contributed by atoms with E-state index in [9.17, 15) is 13.2 Å². The Morgan fingerprint density at radius 2 is 1.70 bits per heavy atom. The van der Waals surface area contributed by atoms with Gasteiger partial charge in [0.2, 0.25) is 0 Å². The number of hydrogen-bond acceptors (Lipinski definition) is 6. The number of methoxy groups -OCH3 is 2. The molecule has 1 aromatic rings. The zero-order valence-electron chi connectivity index (χ0n) is 15.5. The number of piperidine rings is 1. The number of amides is 1. The van der Waals surface area contributed by atoms with Gasteiger partial charge in [-0.25, -0.2) is 8.42 Å². The molecule has 0 aromatic heterocycles. The Morgan fingerprint density at radius 3 is 2.26 bits per heavy atom. The normalized spacial score (nSPS) is 25.1. The SMILES string of the molecule is COc1cc(C(=O)N[C@@H]2CS(=O)(=O)C[C@H]2N2CCCCC2)cc(OC)c1Br. The summed E-state index contributed by atoms with van der Waals surface area (Å²) >= 11 is 3.38. The van der Waals surface area contributed by atoms with E-state index in [1.54, 1.807) is 12.1 Å². The monoisotopic (exact) mass is 460 g/mol. The summed E-state index contributed by atoms with van der Waals surface area (Å²) in [6.07, 6.45) is 3.31. The molecule has 2 saturated heterocycles. The summed E-state index contributed by atoms with van der Waals surface area (Å²) in [5, 5.41) is 2.93. The van der Waals surface area contributed by atoms with Crippen molar-refractivity contribution in [3.8, 4) is 11.5 Å². The first-order valence-corrected chi connectivity index (χ1v) is 11.6. The third kappa shape index (κ3) is 4.57. The minimum atomic E-state index is -3.17. The molecule has 2 heterocycles. The summed E-state index contributed by atoms with van der Waals surface area (Å²) < 4.78 is 35.7. The summed E-state index contributed by atoms with van der Waals surface area (Å²) in [6.45, 7) is 1.76. The van der Waals surface area contributed by atoms with Crippen molar-refractivity contribution >= 4 is 31.7 Å². The predicted molar refractivity (Wildman–Crippen MR) is 106 cm³/mol. The lowest BCUT2D eigenvalue weighted by Gasteiger charge is -2.35. The van der Waals surface area contributed by atoms with Crippen LogP contribution in [0.3, 0.4) is 0 Å². The average molecular weight is 461 g/mol. The molecule has 27 heavy (non-hydrogen) atoms. The molecule has 0 saturated carbocycles. The Bertz CT molecular complexity index is 783. The highest BCUT2D eigenvalue weighted by Gasteiger charge is 2.42. The minimum absolute atomic E-state index is 0.0231. The molecule has 2 aliphatic heterocycles. The average Bonchev–Trinajstić information content (AvgIpc) is 2.96. The van der Waals surface area contributed by atoms with Gasteiger partial charge in [0.05, 0.1) is 31.8 Å².